The molecular weight excluding hydrogens is 278 g/mol. The number of benzene rings is 3. The van der Waals surface area contributed by atoms with E-state index in [1.54, 1.807) is 0 Å². The van der Waals surface area contributed by atoms with Gasteiger partial charge in [-0.05, 0) is 78.3 Å². The Morgan fingerprint density at radius 2 is 1.43 bits per heavy atom. The summed E-state index contributed by atoms with van der Waals surface area (Å²) in [5.74, 6) is 0. The third-order valence-corrected chi connectivity index (χ3v) is 5.18. The van der Waals surface area contributed by atoms with Crippen molar-refractivity contribution in [3.05, 3.63) is 81.4 Å². The predicted molar refractivity (Wildman–Crippen MR) is 96.9 cm³/mol. The summed E-state index contributed by atoms with van der Waals surface area (Å²) in [4.78, 5) is 0. The molecule has 0 aliphatic heterocycles. The van der Waals surface area contributed by atoms with Gasteiger partial charge in [-0.1, -0.05) is 42.5 Å². The molecule has 1 heteroatoms. The second kappa shape index (κ2) is 5.89. The lowest BCUT2D eigenvalue weighted by Crippen LogP contribution is -2.04. The van der Waals surface area contributed by atoms with Gasteiger partial charge in [-0.15, -0.1) is 0 Å². The molecule has 0 saturated carbocycles. The molecule has 0 fully saturated rings. The maximum Gasteiger partial charge on any atom is 0.0997 e. The number of nitrogens with zero attached hydrogens (tertiary/aromatic N) is 1. The summed E-state index contributed by atoms with van der Waals surface area (Å²) in [5, 5.41) is 12.2. The normalized spacial score (nSPS) is 10.7. The molecule has 0 unspecified atom stereocenters. The van der Waals surface area contributed by atoms with Crippen LogP contribution in [0.3, 0.4) is 0 Å². The quantitative estimate of drug-likeness (QED) is 0.610. The Labute approximate surface area is 138 Å². The fraction of sp³-hybridized carbons (Fsp3) is 0.227. The summed E-state index contributed by atoms with van der Waals surface area (Å²) in [6.45, 7) is 8.47. The first kappa shape index (κ1) is 15.3. The minimum atomic E-state index is 0.804. The summed E-state index contributed by atoms with van der Waals surface area (Å²) in [5.41, 5.74) is 8.20. The van der Waals surface area contributed by atoms with Crippen LogP contribution in [0, 0.1) is 39.0 Å². The van der Waals surface area contributed by atoms with Crippen molar-refractivity contribution in [1.29, 1.82) is 5.26 Å². The monoisotopic (exact) mass is 299 g/mol. The van der Waals surface area contributed by atoms with Gasteiger partial charge < -0.3 is 0 Å². The van der Waals surface area contributed by atoms with Crippen LogP contribution in [0.25, 0.3) is 10.8 Å². The average molecular weight is 299 g/mol. The first-order valence-electron chi connectivity index (χ1n) is 8.00. The van der Waals surface area contributed by atoms with Crippen molar-refractivity contribution in [2.75, 3.05) is 0 Å². The van der Waals surface area contributed by atoms with Gasteiger partial charge in [0.1, 0.15) is 0 Å². The Bertz CT molecular complexity index is 937. The Morgan fingerprint density at radius 3 is 2.17 bits per heavy atom. The van der Waals surface area contributed by atoms with E-state index < -0.39 is 0 Å². The van der Waals surface area contributed by atoms with Crippen molar-refractivity contribution in [2.45, 2.75) is 34.1 Å². The van der Waals surface area contributed by atoms with E-state index >= 15 is 0 Å². The van der Waals surface area contributed by atoms with Gasteiger partial charge in [0.05, 0.1) is 11.6 Å². The molecule has 0 aliphatic rings. The summed E-state index contributed by atoms with van der Waals surface area (Å²) < 4.78 is 0. The Morgan fingerprint density at radius 1 is 0.783 bits per heavy atom. The molecule has 0 aromatic heterocycles. The largest absolute Gasteiger partial charge is 0.192 e. The van der Waals surface area contributed by atoms with Gasteiger partial charge in [0.15, 0.2) is 0 Å². The topological polar surface area (TPSA) is 23.8 Å². The van der Waals surface area contributed by atoms with Gasteiger partial charge in [0, 0.05) is 0 Å². The number of rotatable bonds is 2. The van der Waals surface area contributed by atoms with Crippen molar-refractivity contribution in [3.8, 4) is 6.07 Å². The van der Waals surface area contributed by atoms with Crippen molar-refractivity contribution in [1.82, 2.24) is 0 Å². The van der Waals surface area contributed by atoms with Gasteiger partial charge in [0.2, 0.25) is 0 Å². The fourth-order valence-electron chi connectivity index (χ4n) is 3.40. The van der Waals surface area contributed by atoms with E-state index in [1.807, 2.05) is 0 Å². The van der Waals surface area contributed by atoms with E-state index in [0.29, 0.717) is 0 Å². The van der Waals surface area contributed by atoms with Gasteiger partial charge in [-0.25, -0.2) is 0 Å². The maximum absolute atomic E-state index is 9.68. The standard InChI is InChI=1S/C22H21N/c1-14-15(2)17(4)22(13-23)21(16(14)3)12-19-10-7-9-18-8-5-6-11-20(18)19/h5-11H,12H2,1-4H3. The molecule has 3 aromatic rings. The van der Waals surface area contributed by atoms with Crippen molar-refractivity contribution >= 4 is 10.8 Å². The third kappa shape index (κ3) is 2.51. The van der Waals surface area contributed by atoms with Crippen LogP contribution in [0.2, 0.25) is 0 Å². The molecule has 114 valence electrons. The van der Waals surface area contributed by atoms with Gasteiger partial charge in [0.25, 0.3) is 0 Å². The highest BCUT2D eigenvalue weighted by molar-refractivity contribution is 5.86. The van der Waals surface area contributed by atoms with Gasteiger partial charge >= 0.3 is 0 Å². The van der Waals surface area contributed by atoms with E-state index in [-0.39, 0.29) is 0 Å². The lowest BCUT2D eigenvalue weighted by molar-refractivity contribution is 1.09. The molecule has 0 amide bonds. The highest BCUT2D eigenvalue weighted by Crippen LogP contribution is 2.30. The van der Waals surface area contributed by atoms with Crippen LogP contribution in [0.1, 0.15) is 38.9 Å². The number of hydrogen-bond acceptors (Lipinski definition) is 1. The molecule has 0 atom stereocenters. The second-order valence-electron chi connectivity index (χ2n) is 6.28. The summed E-state index contributed by atoms with van der Waals surface area (Å²) in [6.07, 6.45) is 0.804. The highest BCUT2D eigenvalue weighted by Gasteiger charge is 2.16. The zero-order valence-electron chi connectivity index (χ0n) is 14.2. The highest BCUT2D eigenvalue weighted by atomic mass is 14.3. The van der Waals surface area contributed by atoms with Crippen LogP contribution in [0.15, 0.2) is 42.5 Å². The number of fused-ring (bicyclic) bond motifs is 1. The molecule has 1 nitrogen and oxygen atoms in total. The second-order valence-corrected chi connectivity index (χ2v) is 6.28. The minimum Gasteiger partial charge on any atom is -0.192 e. The molecule has 0 saturated heterocycles. The fourth-order valence-corrected chi connectivity index (χ4v) is 3.40. The molecule has 3 aromatic carbocycles. The number of hydrogen-bond donors (Lipinski definition) is 0. The van der Waals surface area contributed by atoms with Crippen molar-refractivity contribution < 1.29 is 0 Å². The predicted octanol–water partition coefficient (Wildman–Crippen LogP) is 5.54. The van der Waals surface area contributed by atoms with Crippen LogP contribution in [-0.2, 0) is 6.42 Å². The van der Waals surface area contributed by atoms with Crippen LogP contribution in [0.4, 0.5) is 0 Å². The Hall–Kier alpha value is -2.59. The maximum atomic E-state index is 9.68. The molecule has 0 bridgehead atoms. The van der Waals surface area contributed by atoms with Gasteiger partial charge in [-0.3, -0.25) is 0 Å². The van der Waals surface area contributed by atoms with Gasteiger partial charge in [-0.2, -0.15) is 5.26 Å². The summed E-state index contributed by atoms with van der Waals surface area (Å²) >= 11 is 0. The SMILES string of the molecule is Cc1c(C)c(C)c(Cc2cccc3ccccc23)c(C#N)c1C. The molecule has 0 spiro atoms. The van der Waals surface area contributed by atoms with Crippen LogP contribution in [0.5, 0.6) is 0 Å². The van der Waals surface area contributed by atoms with E-state index in [1.165, 1.54) is 38.6 Å². The zero-order valence-corrected chi connectivity index (χ0v) is 14.2. The first-order chi connectivity index (χ1) is 11.0. The molecular formula is C22H21N. The third-order valence-electron chi connectivity index (χ3n) is 5.18. The van der Waals surface area contributed by atoms with E-state index in [0.717, 1.165) is 17.5 Å². The lowest BCUT2D eigenvalue weighted by Gasteiger charge is -2.18. The summed E-state index contributed by atoms with van der Waals surface area (Å²) in [7, 11) is 0. The molecule has 0 heterocycles. The Kier molecular flexibility index (Phi) is 3.92. The van der Waals surface area contributed by atoms with E-state index in [9.17, 15) is 5.26 Å². The van der Waals surface area contributed by atoms with Crippen LogP contribution in [-0.4, -0.2) is 0 Å². The van der Waals surface area contributed by atoms with Crippen LogP contribution >= 0.6 is 0 Å². The zero-order chi connectivity index (χ0) is 16.6. The van der Waals surface area contributed by atoms with Crippen molar-refractivity contribution in [3.63, 3.8) is 0 Å². The minimum absolute atomic E-state index is 0.804. The molecule has 0 N–H and O–H groups in total. The molecule has 23 heavy (non-hydrogen) atoms. The average Bonchev–Trinajstić information content (AvgIpc) is 2.58. The molecule has 3 rings (SSSR count). The van der Waals surface area contributed by atoms with Crippen LogP contribution < -0.4 is 0 Å². The van der Waals surface area contributed by atoms with E-state index in [4.69, 9.17) is 0 Å². The smallest absolute Gasteiger partial charge is 0.0997 e. The Balaban J connectivity index is 2.22. The number of nitriles is 1. The van der Waals surface area contributed by atoms with E-state index in [2.05, 4.69) is 76.2 Å². The summed E-state index contributed by atoms with van der Waals surface area (Å²) in [6, 6.07) is 17.3. The molecule has 0 radical (unpaired) electrons. The molecule has 0 aliphatic carbocycles. The van der Waals surface area contributed by atoms with Crippen molar-refractivity contribution in [2.24, 2.45) is 0 Å². The first-order valence-corrected chi connectivity index (χ1v) is 8.00. The lowest BCUT2D eigenvalue weighted by atomic mass is 9.86.